The summed E-state index contributed by atoms with van der Waals surface area (Å²) >= 11 is 6.02. The Morgan fingerprint density at radius 2 is 2.39 bits per heavy atom. The van der Waals surface area contributed by atoms with E-state index >= 15 is 0 Å². The Balaban J connectivity index is 2.15. The first kappa shape index (κ1) is 13.2. The highest BCUT2D eigenvalue weighted by atomic mass is 35.5. The number of aryl methyl sites for hydroxylation is 1. The maximum atomic E-state index is 6.02. The lowest BCUT2D eigenvalue weighted by atomic mass is 10.1. The van der Waals surface area contributed by atoms with Crippen molar-refractivity contribution in [2.75, 3.05) is 7.05 Å². The molecule has 0 saturated carbocycles. The summed E-state index contributed by atoms with van der Waals surface area (Å²) < 4.78 is 7.32. The average molecular weight is 268 g/mol. The molecule has 0 amide bonds. The van der Waals surface area contributed by atoms with Crippen LogP contribution in [0.4, 0.5) is 0 Å². The smallest absolute Gasteiger partial charge is 0.197 e. The number of aromatic nitrogens is 2. The number of nitrogens with zero attached hydrogens (tertiary/aromatic N) is 2. The van der Waals surface area contributed by atoms with E-state index in [1.807, 2.05) is 25.5 Å². The number of imidazole rings is 1. The maximum absolute atomic E-state index is 6.02. The van der Waals surface area contributed by atoms with Gasteiger partial charge in [-0.2, -0.15) is 0 Å². The van der Waals surface area contributed by atoms with Crippen LogP contribution in [0.25, 0.3) is 0 Å². The molecule has 2 aromatic heterocycles. The minimum atomic E-state index is 0.120. The lowest BCUT2D eigenvalue weighted by molar-refractivity contribution is 0.525. The molecule has 0 aromatic carbocycles. The zero-order valence-electron chi connectivity index (χ0n) is 10.7. The molecule has 98 valence electrons. The van der Waals surface area contributed by atoms with Gasteiger partial charge in [0.2, 0.25) is 0 Å². The van der Waals surface area contributed by atoms with Gasteiger partial charge in [-0.1, -0.05) is 6.92 Å². The van der Waals surface area contributed by atoms with E-state index in [0.717, 1.165) is 30.8 Å². The van der Waals surface area contributed by atoms with E-state index in [-0.39, 0.29) is 6.04 Å². The highest BCUT2D eigenvalue weighted by Crippen LogP contribution is 2.26. The first-order valence-electron chi connectivity index (χ1n) is 6.16. The van der Waals surface area contributed by atoms with Gasteiger partial charge in [-0.25, -0.2) is 4.98 Å². The SMILES string of the molecule is CCCn1ccnc1CC(NC)c1ccoc1Cl. The van der Waals surface area contributed by atoms with Gasteiger partial charge in [0.25, 0.3) is 0 Å². The molecule has 1 atom stereocenters. The van der Waals surface area contributed by atoms with E-state index in [9.17, 15) is 0 Å². The molecule has 0 spiro atoms. The predicted molar refractivity (Wildman–Crippen MR) is 71.7 cm³/mol. The Morgan fingerprint density at radius 3 is 3.00 bits per heavy atom. The third kappa shape index (κ3) is 2.76. The fourth-order valence-corrected chi connectivity index (χ4v) is 2.32. The fraction of sp³-hybridized carbons (Fsp3) is 0.462. The molecular formula is C13H18ClN3O. The number of hydrogen-bond donors (Lipinski definition) is 1. The van der Waals surface area contributed by atoms with Crippen LogP contribution in [0.1, 0.15) is 30.8 Å². The third-order valence-electron chi connectivity index (χ3n) is 3.02. The van der Waals surface area contributed by atoms with Gasteiger partial charge in [0.15, 0.2) is 5.22 Å². The predicted octanol–water partition coefficient (Wildman–Crippen LogP) is 3.04. The van der Waals surface area contributed by atoms with E-state index in [1.54, 1.807) is 6.26 Å². The molecule has 0 saturated heterocycles. The summed E-state index contributed by atoms with van der Waals surface area (Å²) in [5.41, 5.74) is 0.977. The number of likely N-dealkylation sites (N-methyl/N-ethyl adjacent to an activating group) is 1. The molecule has 18 heavy (non-hydrogen) atoms. The van der Waals surface area contributed by atoms with Crippen LogP contribution >= 0.6 is 11.6 Å². The summed E-state index contributed by atoms with van der Waals surface area (Å²) in [6.07, 6.45) is 7.36. The molecule has 0 aliphatic rings. The van der Waals surface area contributed by atoms with E-state index in [0.29, 0.717) is 5.22 Å². The average Bonchev–Trinajstić information content (AvgIpc) is 2.96. The van der Waals surface area contributed by atoms with Crippen LogP contribution < -0.4 is 5.32 Å². The van der Waals surface area contributed by atoms with Crippen molar-refractivity contribution in [1.82, 2.24) is 14.9 Å². The molecule has 5 heteroatoms. The lowest BCUT2D eigenvalue weighted by Gasteiger charge is -2.15. The molecule has 2 rings (SSSR count). The molecule has 2 aromatic rings. The van der Waals surface area contributed by atoms with Crippen LogP contribution in [-0.4, -0.2) is 16.6 Å². The van der Waals surface area contributed by atoms with Crippen molar-refractivity contribution >= 4 is 11.6 Å². The van der Waals surface area contributed by atoms with Crippen molar-refractivity contribution in [3.05, 3.63) is 41.3 Å². The van der Waals surface area contributed by atoms with E-state index < -0.39 is 0 Å². The Morgan fingerprint density at radius 1 is 1.56 bits per heavy atom. The Labute approximate surface area is 112 Å². The van der Waals surface area contributed by atoms with Gasteiger partial charge in [-0.3, -0.25) is 0 Å². The maximum Gasteiger partial charge on any atom is 0.197 e. The molecule has 1 unspecified atom stereocenters. The molecule has 2 heterocycles. The summed E-state index contributed by atoms with van der Waals surface area (Å²) in [6.45, 7) is 3.15. The zero-order valence-corrected chi connectivity index (χ0v) is 11.4. The Hall–Kier alpha value is -1.26. The van der Waals surface area contributed by atoms with Crippen LogP contribution in [-0.2, 0) is 13.0 Å². The van der Waals surface area contributed by atoms with Crippen molar-refractivity contribution in [2.24, 2.45) is 0 Å². The topological polar surface area (TPSA) is 43.0 Å². The van der Waals surface area contributed by atoms with Crippen molar-refractivity contribution in [3.63, 3.8) is 0 Å². The Kier molecular flexibility index (Phi) is 4.44. The summed E-state index contributed by atoms with van der Waals surface area (Å²) in [4.78, 5) is 4.41. The van der Waals surface area contributed by atoms with Crippen LogP contribution in [0.5, 0.6) is 0 Å². The first-order valence-corrected chi connectivity index (χ1v) is 6.54. The van der Waals surface area contributed by atoms with Gasteiger partial charge < -0.3 is 14.3 Å². The van der Waals surface area contributed by atoms with E-state index in [2.05, 4.69) is 21.8 Å². The first-order chi connectivity index (χ1) is 8.76. The molecule has 1 N–H and O–H groups in total. The van der Waals surface area contributed by atoms with E-state index in [4.69, 9.17) is 16.0 Å². The van der Waals surface area contributed by atoms with Crippen LogP contribution in [0.2, 0.25) is 5.22 Å². The van der Waals surface area contributed by atoms with Gasteiger partial charge in [-0.05, 0) is 31.1 Å². The number of nitrogens with one attached hydrogen (secondary N) is 1. The van der Waals surface area contributed by atoms with Gasteiger partial charge >= 0.3 is 0 Å². The summed E-state index contributed by atoms with van der Waals surface area (Å²) in [5.74, 6) is 1.06. The number of hydrogen-bond acceptors (Lipinski definition) is 3. The van der Waals surface area contributed by atoms with Crippen molar-refractivity contribution in [3.8, 4) is 0 Å². The highest BCUT2D eigenvalue weighted by molar-refractivity contribution is 6.29. The van der Waals surface area contributed by atoms with Gasteiger partial charge in [0.05, 0.1) is 6.26 Å². The van der Waals surface area contributed by atoms with Crippen LogP contribution in [0.3, 0.4) is 0 Å². The molecule has 0 aliphatic carbocycles. The lowest BCUT2D eigenvalue weighted by Crippen LogP contribution is -2.20. The minimum Gasteiger partial charge on any atom is -0.453 e. The van der Waals surface area contributed by atoms with Crippen LogP contribution in [0, 0.1) is 0 Å². The molecule has 0 radical (unpaired) electrons. The number of furan rings is 1. The quantitative estimate of drug-likeness (QED) is 0.875. The zero-order chi connectivity index (χ0) is 13.0. The van der Waals surface area contributed by atoms with Gasteiger partial charge in [-0.15, -0.1) is 0 Å². The van der Waals surface area contributed by atoms with Crippen molar-refractivity contribution in [1.29, 1.82) is 0 Å². The van der Waals surface area contributed by atoms with Gasteiger partial charge in [0, 0.05) is 37.0 Å². The molecule has 0 bridgehead atoms. The number of rotatable bonds is 6. The standard InChI is InChI=1S/C13H18ClN3O/c1-3-6-17-7-5-16-12(17)9-11(15-2)10-4-8-18-13(10)14/h4-5,7-8,11,15H,3,6,9H2,1-2H3. The second-order valence-electron chi connectivity index (χ2n) is 4.23. The summed E-state index contributed by atoms with van der Waals surface area (Å²) in [5, 5.41) is 3.70. The Bertz CT molecular complexity index is 492. The second kappa shape index (κ2) is 6.07. The number of halogens is 1. The molecule has 0 aliphatic heterocycles. The van der Waals surface area contributed by atoms with Gasteiger partial charge in [0.1, 0.15) is 5.82 Å². The van der Waals surface area contributed by atoms with Crippen molar-refractivity contribution in [2.45, 2.75) is 32.4 Å². The molecule has 4 nitrogen and oxygen atoms in total. The monoisotopic (exact) mass is 267 g/mol. The second-order valence-corrected chi connectivity index (χ2v) is 4.58. The normalized spacial score (nSPS) is 12.8. The van der Waals surface area contributed by atoms with Crippen LogP contribution in [0.15, 0.2) is 29.1 Å². The van der Waals surface area contributed by atoms with Crippen molar-refractivity contribution < 1.29 is 4.42 Å². The molecular weight excluding hydrogens is 250 g/mol. The largest absolute Gasteiger partial charge is 0.453 e. The summed E-state index contributed by atoms with van der Waals surface area (Å²) in [6, 6.07) is 2.02. The summed E-state index contributed by atoms with van der Waals surface area (Å²) in [7, 11) is 1.92. The molecule has 0 fully saturated rings. The van der Waals surface area contributed by atoms with E-state index in [1.165, 1.54) is 0 Å². The highest BCUT2D eigenvalue weighted by Gasteiger charge is 2.17. The fourth-order valence-electron chi connectivity index (χ4n) is 2.08. The third-order valence-corrected chi connectivity index (χ3v) is 3.33. The minimum absolute atomic E-state index is 0.120.